The van der Waals surface area contributed by atoms with Crippen LogP contribution in [0.3, 0.4) is 0 Å². The molecule has 3 aromatic rings. The largest absolute Gasteiger partial charge is 0.504 e. The van der Waals surface area contributed by atoms with Crippen LogP contribution in [0.25, 0.3) is 22.3 Å². The van der Waals surface area contributed by atoms with Crippen LogP contribution in [-0.4, -0.2) is 86.1 Å². The second-order valence-electron chi connectivity index (χ2n) is 9.86. The van der Waals surface area contributed by atoms with Gasteiger partial charge in [-0.1, -0.05) is 13.8 Å². The van der Waals surface area contributed by atoms with Crippen molar-refractivity contribution in [1.29, 1.82) is 0 Å². The molecule has 41 heavy (non-hydrogen) atoms. The number of aliphatic hydroxyl groups is 3. The van der Waals surface area contributed by atoms with Gasteiger partial charge in [0.2, 0.25) is 23.2 Å². The zero-order chi connectivity index (χ0) is 30.2. The summed E-state index contributed by atoms with van der Waals surface area (Å²) in [6.07, 6.45) is -8.14. The molecule has 1 aromatic heterocycles. The van der Waals surface area contributed by atoms with Gasteiger partial charge >= 0.3 is 5.97 Å². The van der Waals surface area contributed by atoms with E-state index in [0.717, 1.165) is 25.3 Å². The summed E-state index contributed by atoms with van der Waals surface area (Å²) >= 11 is 0. The van der Waals surface area contributed by atoms with Crippen LogP contribution in [-0.2, 0) is 14.3 Å². The molecule has 7 N–H and O–H groups in total. The minimum Gasteiger partial charge on any atom is -0.504 e. The molecule has 1 aliphatic heterocycles. The van der Waals surface area contributed by atoms with Gasteiger partial charge in [-0.05, 0) is 24.1 Å². The van der Waals surface area contributed by atoms with E-state index in [1.54, 1.807) is 0 Å². The maximum absolute atomic E-state index is 13.0. The molecule has 222 valence electrons. The molecule has 5 atom stereocenters. The first-order valence-electron chi connectivity index (χ1n) is 12.5. The average molecular weight is 579 g/mol. The molecule has 0 radical (unpaired) electrons. The van der Waals surface area contributed by atoms with Crippen LogP contribution in [0.5, 0.6) is 34.5 Å². The number of fused-ring (bicyclic) bond motifs is 1. The van der Waals surface area contributed by atoms with Gasteiger partial charge < -0.3 is 59.1 Å². The van der Waals surface area contributed by atoms with Crippen LogP contribution in [0, 0.1) is 5.92 Å². The molecule has 1 fully saturated rings. The predicted molar refractivity (Wildman–Crippen MR) is 139 cm³/mol. The summed E-state index contributed by atoms with van der Waals surface area (Å²) in [6, 6.07) is 4.48. The highest BCUT2D eigenvalue weighted by atomic mass is 16.7. The highest BCUT2D eigenvalue weighted by Crippen LogP contribution is 2.45. The number of carbonyl (C=O) groups is 1. The van der Waals surface area contributed by atoms with Gasteiger partial charge in [0.25, 0.3) is 0 Å². The van der Waals surface area contributed by atoms with Crippen molar-refractivity contribution in [2.45, 2.75) is 51.0 Å². The SMILES string of the molecule is COc1c(O[C@@H]2O[C@H](COC(=O)CC(C)C)[C@@H](O)[C@H](O)[C@H]2O)cc2oc(-c3ccc(O)c(O)c3)c(O)c(=O)c2c1O. The second kappa shape index (κ2) is 11.7. The van der Waals surface area contributed by atoms with Crippen molar-refractivity contribution in [3.8, 4) is 45.8 Å². The number of phenols is 3. The lowest BCUT2D eigenvalue weighted by Crippen LogP contribution is -2.60. The number of hydrogen-bond donors (Lipinski definition) is 7. The van der Waals surface area contributed by atoms with Gasteiger partial charge in [0, 0.05) is 18.1 Å². The number of hydrogen-bond acceptors (Lipinski definition) is 14. The first-order valence-corrected chi connectivity index (χ1v) is 12.5. The third-order valence-corrected chi connectivity index (χ3v) is 6.39. The molecule has 2 aromatic carbocycles. The Hall–Kier alpha value is -4.24. The van der Waals surface area contributed by atoms with Crippen molar-refractivity contribution in [2.24, 2.45) is 5.92 Å². The van der Waals surface area contributed by atoms with E-state index in [-0.39, 0.29) is 29.2 Å². The number of phenolic OH excluding ortho intramolecular Hbond substituents is 3. The lowest BCUT2D eigenvalue weighted by Gasteiger charge is -2.40. The van der Waals surface area contributed by atoms with Crippen molar-refractivity contribution < 1.29 is 63.9 Å². The Bertz CT molecular complexity index is 1500. The summed E-state index contributed by atoms with van der Waals surface area (Å²) in [5.74, 6) is -4.44. The summed E-state index contributed by atoms with van der Waals surface area (Å²) in [4.78, 5) is 24.9. The molecular weight excluding hydrogens is 548 g/mol. The van der Waals surface area contributed by atoms with E-state index in [2.05, 4.69) is 0 Å². The highest BCUT2D eigenvalue weighted by Gasteiger charge is 2.46. The van der Waals surface area contributed by atoms with E-state index in [1.807, 2.05) is 13.8 Å². The topological polar surface area (TPSA) is 226 Å². The molecule has 4 rings (SSSR count). The minimum atomic E-state index is -1.82. The number of ether oxygens (including phenoxy) is 4. The molecule has 0 saturated carbocycles. The third kappa shape index (κ3) is 5.81. The number of carbonyl (C=O) groups excluding carboxylic acids is 1. The lowest BCUT2D eigenvalue weighted by molar-refractivity contribution is -0.278. The normalized spacial score (nSPS) is 22.6. The molecule has 0 unspecified atom stereocenters. The van der Waals surface area contributed by atoms with Gasteiger partial charge in [0.05, 0.1) is 7.11 Å². The lowest BCUT2D eigenvalue weighted by atomic mass is 9.99. The molecule has 0 spiro atoms. The molecule has 1 saturated heterocycles. The summed E-state index contributed by atoms with van der Waals surface area (Å²) in [7, 11) is 1.14. The Labute approximate surface area is 232 Å². The van der Waals surface area contributed by atoms with Gasteiger partial charge in [-0.15, -0.1) is 0 Å². The molecule has 14 heteroatoms. The quantitative estimate of drug-likeness (QED) is 0.147. The van der Waals surface area contributed by atoms with Gasteiger partial charge in [-0.25, -0.2) is 0 Å². The van der Waals surface area contributed by atoms with Gasteiger partial charge in [0.1, 0.15) is 42.0 Å². The first-order chi connectivity index (χ1) is 19.3. The Morgan fingerprint density at radius 1 is 0.976 bits per heavy atom. The molecule has 2 heterocycles. The van der Waals surface area contributed by atoms with Crippen LogP contribution >= 0.6 is 0 Å². The fourth-order valence-corrected chi connectivity index (χ4v) is 4.27. The molecule has 0 bridgehead atoms. The van der Waals surface area contributed by atoms with E-state index < -0.39 is 88.6 Å². The van der Waals surface area contributed by atoms with E-state index >= 15 is 0 Å². The summed E-state index contributed by atoms with van der Waals surface area (Å²) < 4.78 is 27.2. The smallest absolute Gasteiger partial charge is 0.306 e. The van der Waals surface area contributed by atoms with Crippen molar-refractivity contribution >= 4 is 16.9 Å². The van der Waals surface area contributed by atoms with E-state index in [9.17, 15) is 45.3 Å². The summed E-state index contributed by atoms with van der Waals surface area (Å²) in [5, 5.41) is 71.5. The third-order valence-electron chi connectivity index (χ3n) is 6.39. The Kier molecular flexibility index (Phi) is 8.49. The number of benzene rings is 2. The van der Waals surface area contributed by atoms with Crippen molar-refractivity contribution in [1.82, 2.24) is 0 Å². The van der Waals surface area contributed by atoms with Crippen LogP contribution < -0.4 is 14.9 Å². The predicted octanol–water partition coefficient (Wildman–Crippen LogP) is 1.07. The zero-order valence-electron chi connectivity index (χ0n) is 22.2. The molecular formula is C27H30O14. The molecule has 0 amide bonds. The van der Waals surface area contributed by atoms with E-state index in [0.29, 0.717) is 0 Å². The zero-order valence-corrected chi connectivity index (χ0v) is 22.2. The molecule has 0 aliphatic carbocycles. The van der Waals surface area contributed by atoms with Crippen LogP contribution in [0.2, 0.25) is 0 Å². The summed E-state index contributed by atoms with van der Waals surface area (Å²) in [5.41, 5.74) is -1.38. The molecule has 14 nitrogen and oxygen atoms in total. The fraction of sp³-hybridized carbons (Fsp3) is 0.407. The second-order valence-corrected chi connectivity index (χ2v) is 9.86. The van der Waals surface area contributed by atoms with E-state index in [1.165, 1.54) is 6.07 Å². The average Bonchev–Trinajstić information content (AvgIpc) is 2.91. The van der Waals surface area contributed by atoms with Gasteiger partial charge in [-0.3, -0.25) is 9.59 Å². The summed E-state index contributed by atoms with van der Waals surface area (Å²) in [6.45, 7) is 3.16. The van der Waals surface area contributed by atoms with Gasteiger partial charge in [-0.2, -0.15) is 0 Å². The number of rotatable bonds is 8. The monoisotopic (exact) mass is 578 g/mol. The van der Waals surface area contributed by atoms with Crippen LogP contribution in [0.15, 0.2) is 33.5 Å². The highest BCUT2D eigenvalue weighted by molar-refractivity contribution is 5.91. The Balaban J connectivity index is 1.71. The van der Waals surface area contributed by atoms with Crippen molar-refractivity contribution in [3.05, 3.63) is 34.5 Å². The standard InChI is InChI=1S/C27H30O14/c1-10(2)6-17(30)38-9-16-19(31)22(34)24(36)27(41-16)40-15-8-14-18(21(33)26(15)37-3)20(32)23(35)25(39-14)11-4-5-12(28)13(29)7-11/h4-5,7-8,10,16,19,22,24,27-29,31,33-36H,6,9H2,1-3H3/t16-,19-,22+,24-,27-/m1/s1. The number of methoxy groups -OCH3 is 1. The first kappa shape index (κ1) is 29.7. The van der Waals surface area contributed by atoms with Gasteiger partial charge in [0.15, 0.2) is 28.8 Å². The van der Waals surface area contributed by atoms with Crippen molar-refractivity contribution in [2.75, 3.05) is 13.7 Å². The Morgan fingerprint density at radius 2 is 1.68 bits per heavy atom. The van der Waals surface area contributed by atoms with Crippen LogP contribution in [0.4, 0.5) is 0 Å². The van der Waals surface area contributed by atoms with Crippen molar-refractivity contribution in [3.63, 3.8) is 0 Å². The maximum Gasteiger partial charge on any atom is 0.306 e. The maximum atomic E-state index is 13.0. The number of esters is 1. The molecule has 1 aliphatic rings. The number of aromatic hydroxyl groups is 4. The van der Waals surface area contributed by atoms with Crippen LogP contribution in [0.1, 0.15) is 20.3 Å². The minimum absolute atomic E-state index is 0.00702. The Morgan fingerprint density at radius 3 is 2.32 bits per heavy atom. The van der Waals surface area contributed by atoms with E-state index in [4.69, 9.17) is 23.4 Å². The fourth-order valence-electron chi connectivity index (χ4n) is 4.27. The number of aliphatic hydroxyl groups excluding tert-OH is 3.